The van der Waals surface area contributed by atoms with Gasteiger partial charge in [-0.3, -0.25) is 4.99 Å². The van der Waals surface area contributed by atoms with Crippen LogP contribution in [0, 0.1) is 5.41 Å². The van der Waals surface area contributed by atoms with Crippen molar-refractivity contribution < 1.29 is 23.7 Å². The minimum Gasteiger partial charge on any atom is -0.493 e. The molecule has 40 heavy (non-hydrogen) atoms. The lowest BCUT2D eigenvalue weighted by molar-refractivity contribution is -0.105. The van der Waals surface area contributed by atoms with Crippen LogP contribution in [0.2, 0.25) is 5.02 Å². The number of rotatable bonds is 13. The van der Waals surface area contributed by atoms with Gasteiger partial charge in [0.1, 0.15) is 11.5 Å². The number of ether oxygens (including phenoxy) is 4. The lowest BCUT2D eigenvalue weighted by Gasteiger charge is -2.37. The van der Waals surface area contributed by atoms with Gasteiger partial charge in [0, 0.05) is 42.7 Å². The molecular formula is C30H39ClN4O5. The summed E-state index contributed by atoms with van der Waals surface area (Å²) in [6.07, 6.45) is 4.80. The van der Waals surface area contributed by atoms with Gasteiger partial charge in [0.05, 0.1) is 43.3 Å². The maximum atomic E-state index is 12.0. The first-order valence-corrected chi connectivity index (χ1v) is 14.1. The van der Waals surface area contributed by atoms with Crippen LogP contribution in [0.3, 0.4) is 0 Å². The van der Waals surface area contributed by atoms with E-state index in [-0.39, 0.29) is 6.03 Å². The summed E-state index contributed by atoms with van der Waals surface area (Å²) in [6, 6.07) is 8.43. The summed E-state index contributed by atoms with van der Waals surface area (Å²) in [6.45, 7) is 13.8. The molecule has 9 nitrogen and oxygen atoms in total. The van der Waals surface area contributed by atoms with Gasteiger partial charge in [-0.2, -0.15) is 0 Å². The molecule has 0 aromatic heterocycles. The Bertz CT molecular complexity index is 1230. The van der Waals surface area contributed by atoms with E-state index < -0.39 is 0 Å². The van der Waals surface area contributed by atoms with Crippen molar-refractivity contribution in [2.75, 3.05) is 58.4 Å². The van der Waals surface area contributed by atoms with Crippen LogP contribution in [0.25, 0.3) is 5.76 Å². The highest BCUT2D eigenvalue weighted by atomic mass is 35.5. The number of hydrogen-bond donors (Lipinski definition) is 2. The van der Waals surface area contributed by atoms with Crippen molar-refractivity contribution in [1.29, 1.82) is 0 Å². The fraction of sp³-hybridized carbons (Fsp3) is 0.467. The monoisotopic (exact) mass is 570 g/mol. The van der Waals surface area contributed by atoms with E-state index in [1.807, 2.05) is 32.1 Å². The van der Waals surface area contributed by atoms with Crippen molar-refractivity contribution in [3.05, 3.63) is 47.0 Å². The van der Waals surface area contributed by atoms with E-state index >= 15 is 0 Å². The first-order chi connectivity index (χ1) is 19.4. The average Bonchev–Trinajstić information content (AvgIpc) is 3.39. The summed E-state index contributed by atoms with van der Waals surface area (Å²) in [5, 5.41) is 5.85. The molecule has 216 valence electrons. The lowest BCUT2D eigenvalue weighted by atomic mass is 9.85. The first-order valence-electron chi connectivity index (χ1n) is 13.7. The second kappa shape index (κ2) is 13.9. The number of methoxy groups -OCH3 is 1. The van der Waals surface area contributed by atoms with Gasteiger partial charge in [-0.25, -0.2) is 4.79 Å². The van der Waals surface area contributed by atoms with E-state index in [2.05, 4.69) is 27.2 Å². The Labute approximate surface area is 241 Å². The van der Waals surface area contributed by atoms with Crippen molar-refractivity contribution in [3.63, 3.8) is 0 Å². The second-order valence-electron chi connectivity index (χ2n) is 10.2. The third-order valence-electron chi connectivity index (χ3n) is 7.14. The number of hydrogen-bond acceptors (Lipinski definition) is 7. The fourth-order valence-electron chi connectivity index (χ4n) is 4.93. The summed E-state index contributed by atoms with van der Waals surface area (Å²) in [5.74, 6) is 2.23. The predicted octanol–water partition coefficient (Wildman–Crippen LogP) is 6.14. The average molecular weight is 571 g/mol. The number of benzene rings is 2. The highest BCUT2D eigenvalue weighted by Crippen LogP contribution is 2.40. The van der Waals surface area contributed by atoms with Crippen LogP contribution in [-0.4, -0.2) is 70.8 Å². The number of allylic oxidation sites excluding steroid dienone is 1. The largest absolute Gasteiger partial charge is 0.493 e. The van der Waals surface area contributed by atoms with E-state index in [9.17, 15) is 4.79 Å². The Balaban J connectivity index is 1.39. The van der Waals surface area contributed by atoms with Gasteiger partial charge in [-0.15, -0.1) is 0 Å². The standard InChI is InChI=1S/C30H39ClN4O5/c1-5-11-33-29(36)34-24-9-8-21(15-23(24)31)40-26(6-2)22-16-27(37-4)28(17-25(22)32-3)39-14-7-12-35-13-10-30(18-35)19-38-20-30/h6,8-9,15-17H,3,5,7,10-14,18-20H2,1-2,4H3,(H2,33,34,36)/b26-6+. The number of anilines is 1. The van der Waals surface area contributed by atoms with Crippen LogP contribution in [0.5, 0.6) is 17.2 Å². The molecule has 2 heterocycles. The topological polar surface area (TPSA) is 93.7 Å². The SMILES string of the molecule is C=Nc1cc(OCCCN2CCC3(COC3)C2)c(OC)cc1/C(=C\C)Oc1ccc(NC(=O)NCCC)c(Cl)c1. The highest BCUT2D eigenvalue weighted by Gasteiger charge is 2.43. The fourth-order valence-corrected chi connectivity index (χ4v) is 5.14. The molecule has 0 saturated carbocycles. The molecule has 0 bridgehead atoms. The van der Waals surface area contributed by atoms with Crippen LogP contribution in [0.15, 0.2) is 41.4 Å². The molecule has 0 radical (unpaired) electrons. The summed E-state index contributed by atoms with van der Waals surface area (Å²) in [5.41, 5.74) is 2.19. The van der Waals surface area contributed by atoms with Crippen molar-refractivity contribution in [2.45, 2.75) is 33.1 Å². The van der Waals surface area contributed by atoms with E-state index in [1.165, 1.54) is 6.42 Å². The molecule has 2 aromatic rings. The van der Waals surface area contributed by atoms with Crippen LogP contribution < -0.4 is 24.8 Å². The summed E-state index contributed by atoms with van der Waals surface area (Å²) < 4.78 is 23.4. The summed E-state index contributed by atoms with van der Waals surface area (Å²) in [4.78, 5) is 18.7. The van der Waals surface area contributed by atoms with Crippen molar-refractivity contribution in [1.82, 2.24) is 10.2 Å². The number of nitrogens with zero attached hydrogens (tertiary/aromatic N) is 2. The normalized spacial score (nSPS) is 16.4. The number of urea groups is 1. The second-order valence-corrected chi connectivity index (χ2v) is 10.6. The lowest BCUT2D eigenvalue weighted by Crippen LogP contribution is -2.44. The minimum absolute atomic E-state index is 0.309. The molecule has 10 heteroatoms. The predicted molar refractivity (Wildman–Crippen MR) is 160 cm³/mol. The number of amides is 2. The van der Waals surface area contributed by atoms with Gasteiger partial charge in [0.15, 0.2) is 11.5 Å². The Kier molecular flexibility index (Phi) is 10.3. The number of carbonyl (C=O) groups is 1. The highest BCUT2D eigenvalue weighted by molar-refractivity contribution is 6.33. The minimum atomic E-state index is -0.309. The molecule has 4 rings (SSSR count). The van der Waals surface area contributed by atoms with Gasteiger partial charge in [-0.05, 0) is 63.7 Å². The van der Waals surface area contributed by atoms with Gasteiger partial charge >= 0.3 is 6.03 Å². The van der Waals surface area contributed by atoms with Gasteiger partial charge < -0.3 is 34.5 Å². The molecule has 0 atom stereocenters. The van der Waals surface area contributed by atoms with E-state index in [0.29, 0.717) is 63.5 Å². The molecule has 2 saturated heterocycles. The number of nitrogens with one attached hydrogen (secondary N) is 2. The Hall–Kier alpha value is -3.27. The van der Waals surface area contributed by atoms with Crippen molar-refractivity contribution in [2.24, 2.45) is 10.4 Å². The van der Waals surface area contributed by atoms with Gasteiger partial charge in [0.2, 0.25) is 0 Å². The number of aliphatic imine (C=N–C) groups is 1. The van der Waals surface area contributed by atoms with E-state index in [1.54, 1.807) is 25.3 Å². The Morgan fingerprint density at radius 3 is 2.73 bits per heavy atom. The van der Waals surface area contributed by atoms with Crippen LogP contribution in [0.1, 0.15) is 38.7 Å². The Morgan fingerprint density at radius 2 is 2.10 bits per heavy atom. The maximum Gasteiger partial charge on any atom is 0.319 e. The van der Waals surface area contributed by atoms with E-state index in [0.717, 1.165) is 45.7 Å². The Morgan fingerprint density at radius 1 is 1.27 bits per heavy atom. The van der Waals surface area contributed by atoms with Crippen LogP contribution in [-0.2, 0) is 4.74 Å². The van der Waals surface area contributed by atoms with Gasteiger partial charge in [-0.1, -0.05) is 18.5 Å². The smallest absolute Gasteiger partial charge is 0.319 e. The number of likely N-dealkylation sites (tertiary alicyclic amines) is 1. The molecular weight excluding hydrogens is 532 g/mol. The van der Waals surface area contributed by atoms with Gasteiger partial charge in [0.25, 0.3) is 0 Å². The van der Waals surface area contributed by atoms with Crippen molar-refractivity contribution in [3.8, 4) is 17.2 Å². The van der Waals surface area contributed by atoms with Crippen LogP contribution in [0.4, 0.5) is 16.2 Å². The zero-order chi connectivity index (χ0) is 28.5. The molecule has 2 N–H and O–H groups in total. The summed E-state index contributed by atoms with van der Waals surface area (Å²) >= 11 is 6.42. The molecule has 1 spiro atoms. The molecule has 2 fully saturated rings. The molecule has 0 aliphatic carbocycles. The quantitative estimate of drug-likeness (QED) is 0.171. The third kappa shape index (κ3) is 7.27. The molecule has 0 unspecified atom stereocenters. The molecule has 2 amide bonds. The molecule has 2 aromatic carbocycles. The maximum absolute atomic E-state index is 12.0. The van der Waals surface area contributed by atoms with E-state index in [4.69, 9.17) is 30.5 Å². The third-order valence-corrected chi connectivity index (χ3v) is 7.45. The number of halogens is 1. The summed E-state index contributed by atoms with van der Waals surface area (Å²) in [7, 11) is 1.61. The zero-order valence-electron chi connectivity index (χ0n) is 23.6. The number of carbonyl (C=O) groups excluding carboxylic acids is 1. The molecule has 2 aliphatic rings. The van der Waals surface area contributed by atoms with Crippen molar-refractivity contribution >= 4 is 41.5 Å². The molecule has 2 aliphatic heterocycles. The first kappa shape index (κ1) is 29.7. The van der Waals surface area contributed by atoms with Crippen LogP contribution >= 0.6 is 11.6 Å². The zero-order valence-corrected chi connectivity index (χ0v) is 24.3.